The highest BCUT2D eigenvalue weighted by atomic mass is 16.5. The van der Waals surface area contributed by atoms with Gasteiger partial charge in [-0.25, -0.2) is 9.59 Å². The highest BCUT2D eigenvalue weighted by molar-refractivity contribution is 6.27. The van der Waals surface area contributed by atoms with E-state index in [9.17, 15) is 4.79 Å². The lowest BCUT2D eigenvalue weighted by atomic mass is 10.1. The molecule has 1 saturated heterocycles. The quantitative estimate of drug-likeness (QED) is 0.769. The van der Waals surface area contributed by atoms with E-state index in [2.05, 4.69) is 4.90 Å². The molecular weight excluding hydrogens is 352 g/mol. The first kappa shape index (κ1) is 20.7. The van der Waals surface area contributed by atoms with Crippen LogP contribution in [0.3, 0.4) is 0 Å². The van der Waals surface area contributed by atoms with Gasteiger partial charge >= 0.3 is 11.9 Å². The molecule has 1 aliphatic carbocycles. The normalized spacial score (nSPS) is 17.7. The standard InChI is InChI=1S/C17H24N2O2.C2H2O4/c1-21-16-8-6-14(7-9-16)17(20)19-12-10-18(11-13-19)15-4-2-3-5-15;3-1(4)2(5)6/h6-9,15H,2-5,10-13H2,1H3;(H,3,4)(H,5,6). The molecule has 0 atom stereocenters. The Kier molecular flexibility index (Phi) is 7.60. The number of aliphatic carboxylic acids is 2. The second kappa shape index (κ2) is 9.91. The van der Waals surface area contributed by atoms with Gasteiger partial charge in [0.2, 0.25) is 0 Å². The largest absolute Gasteiger partial charge is 0.497 e. The number of rotatable bonds is 3. The maximum atomic E-state index is 12.5. The summed E-state index contributed by atoms with van der Waals surface area (Å²) < 4.78 is 5.13. The van der Waals surface area contributed by atoms with Gasteiger partial charge in [0, 0.05) is 37.8 Å². The van der Waals surface area contributed by atoms with Crippen LogP contribution in [0, 0.1) is 0 Å². The number of carbonyl (C=O) groups is 3. The van der Waals surface area contributed by atoms with Crippen molar-refractivity contribution >= 4 is 17.8 Å². The van der Waals surface area contributed by atoms with E-state index in [0.717, 1.165) is 43.5 Å². The van der Waals surface area contributed by atoms with E-state index < -0.39 is 11.9 Å². The van der Waals surface area contributed by atoms with Crippen molar-refractivity contribution in [2.75, 3.05) is 33.3 Å². The molecule has 1 aliphatic heterocycles. The van der Waals surface area contributed by atoms with Crippen LogP contribution in [0.15, 0.2) is 24.3 Å². The number of hydrogen-bond donors (Lipinski definition) is 2. The van der Waals surface area contributed by atoms with Crippen molar-refractivity contribution in [3.63, 3.8) is 0 Å². The summed E-state index contributed by atoms with van der Waals surface area (Å²) in [4.78, 5) is 35.2. The number of carbonyl (C=O) groups excluding carboxylic acids is 1. The first-order chi connectivity index (χ1) is 12.9. The van der Waals surface area contributed by atoms with Crippen LogP contribution in [0.5, 0.6) is 5.75 Å². The van der Waals surface area contributed by atoms with Crippen molar-refractivity contribution in [1.29, 1.82) is 0 Å². The molecule has 1 saturated carbocycles. The Bertz CT molecular complexity index is 635. The average Bonchev–Trinajstić information content (AvgIpc) is 3.23. The van der Waals surface area contributed by atoms with Crippen LogP contribution in [-0.2, 0) is 9.59 Å². The lowest BCUT2D eigenvalue weighted by Gasteiger charge is -2.38. The number of benzene rings is 1. The van der Waals surface area contributed by atoms with Gasteiger partial charge in [-0.15, -0.1) is 0 Å². The zero-order valence-electron chi connectivity index (χ0n) is 15.5. The van der Waals surface area contributed by atoms with Crippen LogP contribution >= 0.6 is 0 Å². The number of hydrogen-bond acceptors (Lipinski definition) is 5. The molecule has 1 aromatic rings. The Hall–Kier alpha value is -2.61. The van der Waals surface area contributed by atoms with Crippen LogP contribution in [0.1, 0.15) is 36.0 Å². The summed E-state index contributed by atoms with van der Waals surface area (Å²) in [5.41, 5.74) is 0.755. The number of amides is 1. The van der Waals surface area contributed by atoms with Crippen molar-refractivity contribution in [3.05, 3.63) is 29.8 Å². The van der Waals surface area contributed by atoms with Gasteiger partial charge in [0.05, 0.1) is 7.11 Å². The molecule has 0 spiro atoms. The summed E-state index contributed by atoms with van der Waals surface area (Å²) in [5.74, 6) is -2.72. The third-order valence-corrected chi connectivity index (χ3v) is 4.96. The minimum absolute atomic E-state index is 0.142. The second-order valence-corrected chi connectivity index (χ2v) is 6.61. The fraction of sp³-hybridized carbons (Fsp3) is 0.526. The molecule has 0 aromatic heterocycles. The molecule has 3 rings (SSSR count). The van der Waals surface area contributed by atoms with Crippen LogP contribution in [-0.4, -0.2) is 77.2 Å². The number of methoxy groups -OCH3 is 1. The molecule has 2 fully saturated rings. The van der Waals surface area contributed by atoms with E-state index in [0.29, 0.717) is 0 Å². The Morgan fingerprint density at radius 3 is 1.89 bits per heavy atom. The fourth-order valence-electron chi connectivity index (χ4n) is 3.48. The number of ether oxygens (including phenoxy) is 1. The van der Waals surface area contributed by atoms with E-state index in [4.69, 9.17) is 24.5 Å². The van der Waals surface area contributed by atoms with E-state index in [1.54, 1.807) is 7.11 Å². The molecule has 0 radical (unpaired) electrons. The number of piperazine rings is 1. The maximum absolute atomic E-state index is 12.5. The third kappa shape index (κ3) is 5.96. The molecular formula is C19H26N2O6. The van der Waals surface area contributed by atoms with Gasteiger partial charge in [0.25, 0.3) is 5.91 Å². The van der Waals surface area contributed by atoms with Crippen LogP contribution in [0.25, 0.3) is 0 Å². The predicted molar refractivity (Wildman–Crippen MR) is 98.0 cm³/mol. The number of carboxylic acids is 2. The summed E-state index contributed by atoms with van der Waals surface area (Å²) in [6.07, 6.45) is 5.42. The molecule has 27 heavy (non-hydrogen) atoms. The van der Waals surface area contributed by atoms with Gasteiger partial charge in [0.15, 0.2) is 0 Å². The molecule has 2 aliphatic rings. The van der Waals surface area contributed by atoms with Crippen molar-refractivity contribution in [2.24, 2.45) is 0 Å². The summed E-state index contributed by atoms with van der Waals surface area (Å²) in [6, 6.07) is 8.17. The lowest BCUT2D eigenvalue weighted by Crippen LogP contribution is -2.51. The highest BCUT2D eigenvalue weighted by Gasteiger charge is 2.28. The topological polar surface area (TPSA) is 107 Å². The molecule has 1 heterocycles. The summed E-state index contributed by atoms with van der Waals surface area (Å²) in [7, 11) is 1.64. The van der Waals surface area contributed by atoms with Gasteiger partial charge < -0.3 is 19.8 Å². The SMILES string of the molecule is COc1ccc(C(=O)N2CCN(C3CCCC3)CC2)cc1.O=C(O)C(=O)O. The zero-order chi connectivity index (χ0) is 19.8. The average molecular weight is 378 g/mol. The first-order valence-corrected chi connectivity index (χ1v) is 9.06. The number of nitrogens with zero attached hydrogens (tertiary/aromatic N) is 2. The van der Waals surface area contributed by atoms with Gasteiger partial charge in [-0.2, -0.15) is 0 Å². The van der Waals surface area contributed by atoms with Crippen molar-refractivity contribution in [1.82, 2.24) is 9.80 Å². The highest BCUT2D eigenvalue weighted by Crippen LogP contribution is 2.24. The van der Waals surface area contributed by atoms with E-state index >= 15 is 0 Å². The van der Waals surface area contributed by atoms with Crippen molar-refractivity contribution < 1.29 is 29.3 Å². The minimum atomic E-state index is -1.82. The Morgan fingerprint density at radius 2 is 1.44 bits per heavy atom. The lowest BCUT2D eigenvalue weighted by molar-refractivity contribution is -0.159. The second-order valence-electron chi connectivity index (χ2n) is 6.61. The van der Waals surface area contributed by atoms with Crippen LogP contribution in [0.2, 0.25) is 0 Å². The first-order valence-electron chi connectivity index (χ1n) is 9.06. The molecule has 2 N–H and O–H groups in total. The van der Waals surface area contributed by atoms with E-state index in [1.165, 1.54) is 25.7 Å². The Morgan fingerprint density at radius 1 is 0.926 bits per heavy atom. The van der Waals surface area contributed by atoms with Gasteiger partial charge in [-0.3, -0.25) is 9.69 Å². The summed E-state index contributed by atoms with van der Waals surface area (Å²) in [6.45, 7) is 3.74. The van der Waals surface area contributed by atoms with E-state index in [1.807, 2.05) is 29.2 Å². The van der Waals surface area contributed by atoms with Crippen LogP contribution in [0.4, 0.5) is 0 Å². The van der Waals surface area contributed by atoms with E-state index in [-0.39, 0.29) is 5.91 Å². The molecule has 1 aromatic carbocycles. The third-order valence-electron chi connectivity index (χ3n) is 4.96. The zero-order valence-corrected chi connectivity index (χ0v) is 15.5. The molecule has 8 nitrogen and oxygen atoms in total. The summed E-state index contributed by atoms with van der Waals surface area (Å²) in [5, 5.41) is 14.8. The van der Waals surface area contributed by atoms with Crippen LogP contribution < -0.4 is 4.74 Å². The fourth-order valence-corrected chi connectivity index (χ4v) is 3.48. The molecule has 0 unspecified atom stereocenters. The predicted octanol–water partition coefficient (Wildman–Crippen LogP) is 1.55. The Labute approximate surface area is 158 Å². The maximum Gasteiger partial charge on any atom is 0.414 e. The van der Waals surface area contributed by atoms with Crippen molar-refractivity contribution in [2.45, 2.75) is 31.7 Å². The molecule has 1 amide bonds. The van der Waals surface area contributed by atoms with Gasteiger partial charge in [0.1, 0.15) is 5.75 Å². The van der Waals surface area contributed by atoms with Crippen molar-refractivity contribution in [3.8, 4) is 5.75 Å². The monoisotopic (exact) mass is 378 g/mol. The summed E-state index contributed by atoms with van der Waals surface area (Å²) >= 11 is 0. The number of carboxylic acid groups (broad SMARTS) is 2. The minimum Gasteiger partial charge on any atom is -0.497 e. The van der Waals surface area contributed by atoms with Gasteiger partial charge in [-0.1, -0.05) is 12.8 Å². The van der Waals surface area contributed by atoms with Gasteiger partial charge in [-0.05, 0) is 37.1 Å². The molecule has 8 heteroatoms. The smallest absolute Gasteiger partial charge is 0.414 e. The molecule has 0 bridgehead atoms. The Balaban J connectivity index is 0.000000380. The molecule has 148 valence electrons.